The molecule has 0 amide bonds. The summed E-state index contributed by atoms with van der Waals surface area (Å²) >= 11 is 0. The lowest BCUT2D eigenvalue weighted by atomic mass is 9.87. The maximum atomic E-state index is 10.8. The maximum Gasteiger partial charge on any atom is 0.356 e. The van der Waals surface area contributed by atoms with Crippen LogP contribution >= 0.6 is 0 Å². The van der Waals surface area contributed by atoms with Gasteiger partial charge >= 0.3 is 5.97 Å². The molecular weight excluding hydrogens is 218 g/mol. The summed E-state index contributed by atoms with van der Waals surface area (Å²) in [5.74, 6) is 0.312. The van der Waals surface area contributed by atoms with Crippen molar-refractivity contribution in [2.24, 2.45) is 5.92 Å². The van der Waals surface area contributed by atoms with Crippen LogP contribution in [-0.4, -0.2) is 27.1 Å². The second-order valence-electron chi connectivity index (χ2n) is 4.70. The molecule has 1 aromatic heterocycles. The largest absolute Gasteiger partial charge is 0.476 e. The van der Waals surface area contributed by atoms with Crippen molar-refractivity contribution in [3.8, 4) is 0 Å². The molecule has 0 aromatic carbocycles. The van der Waals surface area contributed by atoms with E-state index >= 15 is 0 Å². The summed E-state index contributed by atoms with van der Waals surface area (Å²) in [7, 11) is 0. The summed E-state index contributed by atoms with van der Waals surface area (Å²) < 4.78 is 0. The first-order chi connectivity index (χ1) is 8.15. The van der Waals surface area contributed by atoms with E-state index in [-0.39, 0.29) is 5.69 Å². The van der Waals surface area contributed by atoms with Gasteiger partial charge in [0.2, 0.25) is 0 Å². The lowest BCUT2D eigenvalue weighted by Crippen LogP contribution is -2.26. The molecule has 1 heterocycles. The third-order valence-corrected chi connectivity index (χ3v) is 3.22. The zero-order valence-electron chi connectivity index (χ0n) is 9.89. The Balaban J connectivity index is 1.98. The fourth-order valence-electron chi connectivity index (χ4n) is 2.15. The third-order valence-electron chi connectivity index (χ3n) is 3.22. The van der Waals surface area contributed by atoms with E-state index in [1.807, 2.05) is 0 Å². The molecule has 0 radical (unpaired) electrons. The molecule has 1 aliphatic carbocycles. The Morgan fingerprint density at radius 2 is 2.06 bits per heavy atom. The van der Waals surface area contributed by atoms with Gasteiger partial charge in [0, 0.05) is 6.04 Å². The minimum absolute atomic E-state index is 0.0147. The van der Waals surface area contributed by atoms with E-state index < -0.39 is 5.97 Å². The fourth-order valence-corrected chi connectivity index (χ4v) is 2.15. The van der Waals surface area contributed by atoms with Crippen LogP contribution in [-0.2, 0) is 0 Å². The first-order valence-corrected chi connectivity index (χ1v) is 5.97. The number of hydrogen-bond donors (Lipinski definition) is 2. The Morgan fingerprint density at radius 1 is 1.35 bits per heavy atom. The molecule has 0 spiro atoms. The van der Waals surface area contributed by atoms with Crippen LogP contribution in [0, 0.1) is 5.92 Å². The number of aromatic carboxylic acids is 1. The molecule has 2 rings (SSSR count). The zero-order chi connectivity index (χ0) is 12.3. The number of hydrogen-bond acceptors (Lipinski definition) is 4. The van der Waals surface area contributed by atoms with Gasteiger partial charge in [0.25, 0.3) is 0 Å². The van der Waals surface area contributed by atoms with Crippen LogP contribution < -0.4 is 5.32 Å². The summed E-state index contributed by atoms with van der Waals surface area (Å²) in [5.41, 5.74) is -0.0147. The van der Waals surface area contributed by atoms with Crippen molar-refractivity contribution in [2.45, 2.75) is 38.6 Å². The van der Waals surface area contributed by atoms with Gasteiger partial charge in [0.15, 0.2) is 5.69 Å². The van der Waals surface area contributed by atoms with E-state index in [1.165, 1.54) is 19.0 Å². The van der Waals surface area contributed by atoms with Crippen molar-refractivity contribution < 1.29 is 9.90 Å². The number of aromatic nitrogens is 2. The number of carboxylic acid groups (broad SMARTS) is 1. The molecule has 0 aliphatic heterocycles. The summed E-state index contributed by atoms with van der Waals surface area (Å²) in [6, 6.07) is 0.393. The van der Waals surface area contributed by atoms with E-state index in [0.717, 1.165) is 18.8 Å². The van der Waals surface area contributed by atoms with Crippen molar-refractivity contribution >= 4 is 11.8 Å². The van der Waals surface area contributed by atoms with E-state index in [9.17, 15) is 4.79 Å². The topological polar surface area (TPSA) is 75.1 Å². The van der Waals surface area contributed by atoms with Crippen LogP contribution in [0.1, 0.15) is 43.1 Å². The second kappa shape index (κ2) is 5.12. The molecule has 0 saturated heterocycles. The number of carbonyl (C=O) groups is 1. The molecule has 5 nitrogen and oxygen atoms in total. The number of rotatable bonds is 3. The number of anilines is 1. The Kier molecular flexibility index (Phi) is 3.56. The Morgan fingerprint density at radius 3 is 2.71 bits per heavy atom. The molecule has 0 bridgehead atoms. The third kappa shape index (κ3) is 3.15. The number of carboxylic acids is 1. The lowest BCUT2D eigenvalue weighted by Gasteiger charge is -2.27. The van der Waals surface area contributed by atoms with Crippen LogP contribution in [0.2, 0.25) is 0 Å². The molecule has 0 unspecified atom stereocenters. The average molecular weight is 235 g/mol. The monoisotopic (exact) mass is 235 g/mol. The van der Waals surface area contributed by atoms with Gasteiger partial charge in [0.05, 0.1) is 12.4 Å². The van der Waals surface area contributed by atoms with Crippen molar-refractivity contribution in [1.82, 2.24) is 9.97 Å². The van der Waals surface area contributed by atoms with Crippen molar-refractivity contribution in [1.29, 1.82) is 0 Å². The number of nitrogens with one attached hydrogen (secondary N) is 1. The minimum Gasteiger partial charge on any atom is -0.476 e. The van der Waals surface area contributed by atoms with Gasteiger partial charge in [-0.1, -0.05) is 6.92 Å². The first kappa shape index (κ1) is 11.8. The maximum absolute atomic E-state index is 10.8. The van der Waals surface area contributed by atoms with Crippen LogP contribution in [0.25, 0.3) is 0 Å². The van der Waals surface area contributed by atoms with Gasteiger partial charge in [-0.2, -0.15) is 0 Å². The standard InChI is InChI=1S/C12H17N3O2/c1-8-2-4-9(5-3-8)14-11-7-13-6-10(15-11)12(16)17/h6-9H,2-5H2,1H3,(H,14,15)(H,16,17). The van der Waals surface area contributed by atoms with Crippen LogP contribution in [0.4, 0.5) is 5.82 Å². The van der Waals surface area contributed by atoms with E-state index in [4.69, 9.17) is 5.11 Å². The second-order valence-corrected chi connectivity index (χ2v) is 4.70. The quantitative estimate of drug-likeness (QED) is 0.839. The Hall–Kier alpha value is -1.65. The minimum atomic E-state index is -1.04. The van der Waals surface area contributed by atoms with Crippen molar-refractivity contribution in [3.05, 3.63) is 18.1 Å². The van der Waals surface area contributed by atoms with Crippen LogP contribution in [0.3, 0.4) is 0 Å². The van der Waals surface area contributed by atoms with Crippen LogP contribution in [0.15, 0.2) is 12.4 Å². The highest BCUT2D eigenvalue weighted by atomic mass is 16.4. The molecular formula is C12H17N3O2. The van der Waals surface area contributed by atoms with E-state index in [2.05, 4.69) is 22.2 Å². The molecule has 1 fully saturated rings. The molecule has 5 heteroatoms. The lowest BCUT2D eigenvalue weighted by molar-refractivity contribution is 0.0690. The highest BCUT2D eigenvalue weighted by Gasteiger charge is 2.18. The SMILES string of the molecule is CC1CCC(Nc2cncc(C(=O)O)n2)CC1. The molecule has 17 heavy (non-hydrogen) atoms. The van der Waals surface area contributed by atoms with Gasteiger partial charge < -0.3 is 10.4 Å². The first-order valence-electron chi connectivity index (χ1n) is 5.97. The van der Waals surface area contributed by atoms with Crippen molar-refractivity contribution in [2.75, 3.05) is 5.32 Å². The average Bonchev–Trinajstić information content (AvgIpc) is 2.32. The smallest absolute Gasteiger partial charge is 0.356 e. The van der Waals surface area contributed by atoms with E-state index in [0.29, 0.717) is 11.9 Å². The van der Waals surface area contributed by atoms with Gasteiger partial charge in [-0.25, -0.2) is 9.78 Å². The van der Waals surface area contributed by atoms with Gasteiger partial charge in [-0.15, -0.1) is 0 Å². The highest BCUT2D eigenvalue weighted by Crippen LogP contribution is 2.25. The summed E-state index contributed by atoms with van der Waals surface area (Å²) in [5, 5.41) is 12.1. The van der Waals surface area contributed by atoms with Gasteiger partial charge in [-0.05, 0) is 31.6 Å². The molecule has 0 atom stereocenters. The van der Waals surface area contributed by atoms with Gasteiger partial charge in [0.1, 0.15) is 5.82 Å². The van der Waals surface area contributed by atoms with E-state index in [1.54, 1.807) is 6.20 Å². The normalized spacial score (nSPS) is 24.3. The molecule has 2 N–H and O–H groups in total. The number of nitrogens with zero attached hydrogens (tertiary/aromatic N) is 2. The molecule has 1 aliphatic rings. The summed E-state index contributed by atoms with van der Waals surface area (Å²) in [6.07, 6.45) is 7.48. The highest BCUT2D eigenvalue weighted by molar-refractivity contribution is 5.85. The predicted molar refractivity (Wildman–Crippen MR) is 64.0 cm³/mol. The van der Waals surface area contributed by atoms with Crippen LogP contribution in [0.5, 0.6) is 0 Å². The molecule has 1 aromatic rings. The fraction of sp³-hybridized carbons (Fsp3) is 0.583. The summed E-state index contributed by atoms with van der Waals surface area (Å²) in [6.45, 7) is 2.26. The predicted octanol–water partition coefficient (Wildman–Crippen LogP) is 2.17. The zero-order valence-corrected chi connectivity index (χ0v) is 9.89. The van der Waals surface area contributed by atoms with Gasteiger partial charge in [-0.3, -0.25) is 4.98 Å². The Bertz CT molecular complexity index is 400. The summed E-state index contributed by atoms with van der Waals surface area (Å²) in [4.78, 5) is 18.7. The van der Waals surface area contributed by atoms with Crippen molar-refractivity contribution in [3.63, 3.8) is 0 Å². The Labute approximate surface area is 100 Å². The molecule has 1 saturated carbocycles. The molecule has 92 valence electrons.